The maximum atomic E-state index is 11.2. The van der Waals surface area contributed by atoms with Gasteiger partial charge >= 0.3 is 5.97 Å². The van der Waals surface area contributed by atoms with Crippen LogP contribution in [0.15, 0.2) is 17.3 Å². The van der Waals surface area contributed by atoms with Gasteiger partial charge in [-0.25, -0.2) is 4.79 Å². The third kappa shape index (κ3) is 15.0. The van der Waals surface area contributed by atoms with Gasteiger partial charge in [0.2, 0.25) is 0 Å². The minimum absolute atomic E-state index is 0.274. The van der Waals surface area contributed by atoms with Gasteiger partial charge in [0, 0.05) is 4.91 Å². The van der Waals surface area contributed by atoms with Gasteiger partial charge in [0.25, 0.3) is 0 Å². The van der Waals surface area contributed by atoms with Crippen molar-refractivity contribution in [2.75, 3.05) is 26.9 Å². The number of hydrogen-bond donors (Lipinski definition) is 4. The molecule has 4 N–H and O–H groups in total. The van der Waals surface area contributed by atoms with Gasteiger partial charge in [-0.3, -0.25) is 0 Å². The zero-order chi connectivity index (χ0) is 28.9. The van der Waals surface area contributed by atoms with E-state index >= 15 is 0 Å². The molecule has 1 heterocycles. The highest BCUT2D eigenvalue weighted by atomic mass is 16.7. The maximum absolute atomic E-state index is 11.2. The second-order valence-electron chi connectivity index (χ2n) is 9.95. The minimum Gasteiger partial charge on any atom is -0.467 e. The fraction of sp³-hybridized carbons (Fsp3) is 0.889. The van der Waals surface area contributed by atoms with Crippen LogP contribution in [-0.4, -0.2) is 96.2 Å². The van der Waals surface area contributed by atoms with E-state index in [2.05, 4.69) is 21.7 Å². The van der Waals surface area contributed by atoms with E-state index in [0.29, 0.717) is 0 Å². The molecule has 1 aliphatic heterocycles. The molecule has 0 aromatic heterocycles. The Balaban J connectivity index is 2.37. The molecule has 1 rings (SSSR count). The number of rotatable bonds is 22. The number of ether oxygens (including phenoxy) is 4. The summed E-state index contributed by atoms with van der Waals surface area (Å²) >= 11 is 0. The predicted molar refractivity (Wildman–Crippen MR) is 145 cm³/mol. The van der Waals surface area contributed by atoms with Crippen LogP contribution in [0.2, 0.25) is 0 Å². The van der Waals surface area contributed by atoms with Crippen LogP contribution in [0, 0.1) is 0 Å². The molecule has 0 saturated carbocycles. The number of esters is 1. The van der Waals surface area contributed by atoms with Crippen LogP contribution in [0.5, 0.6) is 0 Å². The normalized spacial score (nSPS) is 24.8. The molecule has 0 aliphatic carbocycles. The van der Waals surface area contributed by atoms with Crippen molar-refractivity contribution in [1.29, 1.82) is 0 Å². The predicted octanol–water partition coefficient (Wildman–Crippen LogP) is 3.30. The molecule has 0 aromatic rings. The second-order valence-corrected chi connectivity index (χ2v) is 9.95. The monoisotopic (exact) mass is 559 g/mol. The number of methoxy groups -OCH3 is 1. The number of nitrogens with zero attached hydrogens (tertiary/aromatic N) is 3. The summed E-state index contributed by atoms with van der Waals surface area (Å²) in [4.78, 5) is 13.9. The minimum atomic E-state index is -1.61. The molecule has 1 aliphatic rings. The number of allylic oxidation sites excluding steroid dienone is 1. The second kappa shape index (κ2) is 22.0. The van der Waals surface area contributed by atoms with Crippen molar-refractivity contribution in [3.8, 4) is 0 Å². The summed E-state index contributed by atoms with van der Waals surface area (Å²) < 4.78 is 20.6. The highest BCUT2D eigenvalue weighted by molar-refractivity contribution is 5.70. The lowest BCUT2D eigenvalue weighted by Gasteiger charge is -2.40. The molecular formula is C27H49N3O9. The summed E-state index contributed by atoms with van der Waals surface area (Å²) in [5.41, 5.74) is 8.90. The third-order valence-electron chi connectivity index (χ3n) is 6.73. The van der Waals surface area contributed by atoms with Crippen LogP contribution in [0.3, 0.4) is 0 Å². The van der Waals surface area contributed by atoms with Gasteiger partial charge in [0.1, 0.15) is 31.0 Å². The van der Waals surface area contributed by atoms with Crippen LogP contribution in [0.4, 0.5) is 0 Å². The molecule has 7 atom stereocenters. The zero-order valence-electron chi connectivity index (χ0n) is 23.5. The van der Waals surface area contributed by atoms with Gasteiger partial charge in [-0.1, -0.05) is 88.4 Å². The first-order chi connectivity index (χ1) is 18.8. The molecule has 0 amide bonds. The van der Waals surface area contributed by atoms with Crippen molar-refractivity contribution >= 4 is 5.97 Å². The molecule has 39 heavy (non-hydrogen) atoms. The molecular weight excluding hydrogens is 510 g/mol. The van der Waals surface area contributed by atoms with Crippen molar-refractivity contribution in [3.05, 3.63) is 22.6 Å². The van der Waals surface area contributed by atoms with Crippen molar-refractivity contribution < 1.29 is 44.2 Å². The summed E-state index contributed by atoms with van der Waals surface area (Å²) in [6, 6.07) is -1.00. The van der Waals surface area contributed by atoms with E-state index in [0.717, 1.165) is 19.3 Å². The lowest BCUT2D eigenvalue weighted by Crippen LogP contribution is -2.59. The van der Waals surface area contributed by atoms with Gasteiger partial charge in [0.05, 0.1) is 32.5 Å². The van der Waals surface area contributed by atoms with Crippen LogP contribution in [0.25, 0.3) is 10.4 Å². The number of carbonyl (C=O) groups is 1. The summed E-state index contributed by atoms with van der Waals surface area (Å²) in [5, 5.41) is 44.6. The average molecular weight is 560 g/mol. The van der Waals surface area contributed by atoms with Gasteiger partial charge in [0.15, 0.2) is 6.29 Å². The molecule has 1 saturated heterocycles. The number of hydrogen-bond acceptors (Lipinski definition) is 10. The zero-order valence-corrected chi connectivity index (χ0v) is 23.5. The van der Waals surface area contributed by atoms with E-state index in [1.54, 1.807) is 6.08 Å². The Morgan fingerprint density at radius 2 is 1.62 bits per heavy atom. The summed E-state index contributed by atoms with van der Waals surface area (Å²) in [6.07, 6.45) is 9.67. The SMILES string of the molecule is CCCCCCCCCCCCC/C=C/[C@@H](O)[C@H](CO[C@H]1O[C@H](COCC(=O)OC)[C@H](O)[C@H](O)[C@H]1O)N=[N+]=[N-]. The van der Waals surface area contributed by atoms with E-state index in [1.165, 1.54) is 64.9 Å². The molecule has 12 heteroatoms. The fourth-order valence-electron chi connectivity index (χ4n) is 4.26. The van der Waals surface area contributed by atoms with E-state index in [4.69, 9.17) is 19.7 Å². The first-order valence-electron chi connectivity index (χ1n) is 14.2. The Kier molecular flexibility index (Phi) is 19.9. The molecule has 0 unspecified atom stereocenters. The highest BCUT2D eigenvalue weighted by Gasteiger charge is 2.44. The molecule has 0 bridgehead atoms. The number of carbonyl (C=O) groups excluding carboxylic acids is 1. The van der Waals surface area contributed by atoms with Crippen molar-refractivity contribution in [1.82, 2.24) is 0 Å². The molecule has 0 radical (unpaired) electrons. The van der Waals surface area contributed by atoms with E-state index in [1.807, 2.05) is 6.08 Å². The molecule has 0 spiro atoms. The number of aliphatic hydroxyl groups excluding tert-OH is 4. The van der Waals surface area contributed by atoms with E-state index in [-0.39, 0.29) is 19.8 Å². The largest absolute Gasteiger partial charge is 0.467 e. The first kappa shape index (κ1) is 35.3. The Morgan fingerprint density at radius 3 is 2.21 bits per heavy atom. The Labute approximate surface area is 231 Å². The standard InChI is InChI=1S/C27H49N3O9/c1-3-4-5-6-7-8-9-10-11-12-13-14-15-16-21(31)20(29-30-28)17-38-27-26(35)25(34)24(33)22(39-27)18-37-19-23(32)36-2/h15-16,20-22,24-27,31,33-35H,3-14,17-19H2,1-2H3/b16-15+/t20-,21+,22+,24-,25-,26+,27-/m0/s1. The van der Waals surface area contributed by atoms with Crippen LogP contribution in [-0.2, 0) is 23.7 Å². The number of azide groups is 1. The van der Waals surface area contributed by atoms with Gasteiger partial charge in [-0.2, -0.15) is 0 Å². The maximum Gasteiger partial charge on any atom is 0.331 e. The van der Waals surface area contributed by atoms with Crippen LogP contribution in [0.1, 0.15) is 84.0 Å². The molecule has 1 fully saturated rings. The topological polar surface area (TPSA) is 184 Å². The average Bonchev–Trinajstić information content (AvgIpc) is 2.93. The smallest absolute Gasteiger partial charge is 0.331 e. The summed E-state index contributed by atoms with van der Waals surface area (Å²) in [7, 11) is 1.20. The van der Waals surface area contributed by atoms with Gasteiger partial charge < -0.3 is 39.4 Å². The fourth-order valence-corrected chi connectivity index (χ4v) is 4.26. The summed E-state index contributed by atoms with van der Waals surface area (Å²) in [6.45, 7) is 1.26. The van der Waals surface area contributed by atoms with E-state index < -0.39 is 48.8 Å². The Morgan fingerprint density at radius 1 is 1.00 bits per heavy atom. The number of unbranched alkanes of at least 4 members (excludes halogenated alkanes) is 11. The van der Waals surface area contributed by atoms with Crippen LogP contribution < -0.4 is 0 Å². The van der Waals surface area contributed by atoms with Crippen LogP contribution >= 0.6 is 0 Å². The highest BCUT2D eigenvalue weighted by Crippen LogP contribution is 2.23. The molecule has 0 aromatic carbocycles. The third-order valence-corrected chi connectivity index (χ3v) is 6.73. The quantitative estimate of drug-likeness (QED) is 0.0386. The lowest BCUT2D eigenvalue weighted by molar-refractivity contribution is -0.303. The lowest BCUT2D eigenvalue weighted by atomic mass is 9.99. The molecule has 12 nitrogen and oxygen atoms in total. The Bertz CT molecular complexity index is 721. The van der Waals surface area contributed by atoms with Gasteiger partial charge in [-0.15, -0.1) is 0 Å². The van der Waals surface area contributed by atoms with Gasteiger partial charge in [-0.05, 0) is 18.4 Å². The summed E-state index contributed by atoms with van der Waals surface area (Å²) in [5.74, 6) is -0.628. The van der Waals surface area contributed by atoms with Crippen molar-refractivity contribution in [2.24, 2.45) is 5.11 Å². The van der Waals surface area contributed by atoms with Crippen molar-refractivity contribution in [3.63, 3.8) is 0 Å². The first-order valence-corrected chi connectivity index (χ1v) is 14.2. The number of aliphatic hydroxyl groups is 4. The molecule has 226 valence electrons. The van der Waals surface area contributed by atoms with E-state index in [9.17, 15) is 25.2 Å². The Hall–Kier alpha value is -1.76. The van der Waals surface area contributed by atoms with Crippen molar-refractivity contribution in [2.45, 2.75) is 127 Å².